The fraction of sp³-hybridized carbons (Fsp3) is 0.182. The molecule has 90 valence electrons. The second-order valence-corrected chi connectivity index (χ2v) is 6.92. The van der Waals surface area contributed by atoms with Crippen LogP contribution in [0.2, 0.25) is 0 Å². The SMILES string of the molecule is Cc1ccc(S(=O)(=O)c2sc(N)nc2C)cc1. The maximum atomic E-state index is 12.3. The number of thiazole rings is 1. The molecule has 0 bridgehead atoms. The first-order valence-corrected chi connectivity index (χ1v) is 7.26. The van der Waals surface area contributed by atoms with Crippen LogP contribution in [0, 0.1) is 13.8 Å². The number of rotatable bonds is 2. The molecule has 0 saturated heterocycles. The molecule has 2 aromatic rings. The van der Waals surface area contributed by atoms with Gasteiger partial charge in [0.2, 0.25) is 9.84 Å². The third-order valence-electron chi connectivity index (χ3n) is 2.35. The predicted octanol–water partition coefficient (Wildman–Crippen LogP) is 2.17. The van der Waals surface area contributed by atoms with Gasteiger partial charge < -0.3 is 5.73 Å². The van der Waals surface area contributed by atoms with Crippen molar-refractivity contribution in [3.63, 3.8) is 0 Å². The van der Waals surface area contributed by atoms with Crippen LogP contribution in [0.15, 0.2) is 33.4 Å². The Bertz CT molecular complexity index is 643. The van der Waals surface area contributed by atoms with Crippen LogP contribution in [0.25, 0.3) is 0 Å². The topological polar surface area (TPSA) is 73.0 Å². The summed E-state index contributed by atoms with van der Waals surface area (Å²) in [6, 6.07) is 6.74. The molecule has 0 aliphatic rings. The lowest BCUT2D eigenvalue weighted by molar-refractivity contribution is 0.597. The Balaban J connectivity index is 2.57. The third kappa shape index (κ3) is 2.18. The van der Waals surface area contributed by atoms with Crippen molar-refractivity contribution in [3.8, 4) is 0 Å². The number of nitrogens with zero attached hydrogens (tertiary/aromatic N) is 1. The minimum atomic E-state index is -3.49. The summed E-state index contributed by atoms with van der Waals surface area (Å²) in [6.07, 6.45) is 0. The number of sulfone groups is 1. The van der Waals surface area contributed by atoms with Crippen molar-refractivity contribution in [3.05, 3.63) is 35.5 Å². The molecule has 1 heterocycles. The maximum absolute atomic E-state index is 12.3. The highest BCUT2D eigenvalue weighted by Crippen LogP contribution is 2.30. The molecule has 0 atom stereocenters. The molecule has 0 aliphatic carbocycles. The Kier molecular flexibility index (Phi) is 2.92. The Morgan fingerprint density at radius 3 is 2.24 bits per heavy atom. The molecule has 0 amide bonds. The quantitative estimate of drug-likeness (QED) is 0.906. The molecule has 0 spiro atoms. The Morgan fingerprint density at radius 1 is 1.18 bits per heavy atom. The van der Waals surface area contributed by atoms with Crippen molar-refractivity contribution in [2.45, 2.75) is 23.0 Å². The van der Waals surface area contributed by atoms with E-state index in [1.54, 1.807) is 31.2 Å². The first-order chi connectivity index (χ1) is 7.91. The first-order valence-electron chi connectivity index (χ1n) is 4.96. The average molecular weight is 268 g/mol. The number of hydrogen-bond donors (Lipinski definition) is 1. The first kappa shape index (κ1) is 12.1. The molecule has 0 unspecified atom stereocenters. The molecule has 0 fully saturated rings. The molecule has 2 rings (SSSR count). The van der Waals surface area contributed by atoms with E-state index in [9.17, 15) is 8.42 Å². The second-order valence-electron chi connectivity index (χ2n) is 3.74. The van der Waals surface area contributed by atoms with Crippen molar-refractivity contribution in [1.82, 2.24) is 4.98 Å². The van der Waals surface area contributed by atoms with E-state index in [2.05, 4.69) is 4.98 Å². The van der Waals surface area contributed by atoms with E-state index in [0.29, 0.717) is 5.69 Å². The van der Waals surface area contributed by atoms with Gasteiger partial charge in [0, 0.05) is 0 Å². The molecule has 2 N–H and O–H groups in total. The number of anilines is 1. The van der Waals surface area contributed by atoms with Crippen molar-refractivity contribution in [2.75, 3.05) is 5.73 Å². The van der Waals surface area contributed by atoms with Crippen LogP contribution in [0.5, 0.6) is 0 Å². The standard InChI is InChI=1S/C11H12N2O2S2/c1-7-3-5-9(6-4-7)17(14,15)10-8(2)13-11(12)16-10/h3-6H,1-2H3,(H2,12,13). The lowest BCUT2D eigenvalue weighted by atomic mass is 10.2. The molecule has 1 aromatic carbocycles. The van der Waals surface area contributed by atoms with Gasteiger partial charge in [0.1, 0.15) is 4.21 Å². The Morgan fingerprint density at radius 2 is 1.76 bits per heavy atom. The van der Waals surface area contributed by atoms with Gasteiger partial charge in [-0.05, 0) is 26.0 Å². The summed E-state index contributed by atoms with van der Waals surface area (Å²) in [7, 11) is -3.49. The average Bonchev–Trinajstić information content (AvgIpc) is 2.59. The number of aryl methyl sites for hydroxylation is 2. The van der Waals surface area contributed by atoms with Crippen LogP contribution in [0.1, 0.15) is 11.3 Å². The van der Waals surface area contributed by atoms with E-state index in [-0.39, 0.29) is 14.2 Å². The van der Waals surface area contributed by atoms with Gasteiger partial charge in [-0.25, -0.2) is 13.4 Å². The maximum Gasteiger partial charge on any atom is 0.217 e. The van der Waals surface area contributed by atoms with Gasteiger partial charge in [-0.3, -0.25) is 0 Å². The number of benzene rings is 1. The Hall–Kier alpha value is -1.40. The summed E-state index contributed by atoms with van der Waals surface area (Å²) < 4.78 is 24.8. The van der Waals surface area contributed by atoms with Crippen LogP contribution < -0.4 is 5.73 Å². The van der Waals surface area contributed by atoms with Crippen molar-refractivity contribution in [2.24, 2.45) is 0 Å². The van der Waals surface area contributed by atoms with E-state index in [1.807, 2.05) is 6.92 Å². The molecule has 0 saturated carbocycles. The largest absolute Gasteiger partial charge is 0.375 e. The second kappa shape index (κ2) is 4.12. The molecular weight excluding hydrogens is 256 g/mol. The minimum absolute atomic E-state index is 0.221. The van der Waals surface area contributed by atoms with E-state index < -0.39 is 9.84 Å². The monoisotopic (exact) mass is 268 g/mol. The van der Waals surface area contributed by atoms with Gasteiger partial charge in [0.05, 0.1) is 10.6 Å². The number of nitrogens with two attached hydrogens (primary N) is 1. The molecule has 1 aromatic heterocycles. The van der Waals surface area contributed by atoms with E-state index >= 15 is 0 Å². The summed E-state index contributed by atoms with van der Waals surface area (Å²) in [5, 5.41) is 0.271. The van der Waals surface area contributed by atoms with Crippen molar-refractivity contribution >= 4 is 26.3 Å². The number of aromatic nitrogens is 1. The minimum Gasteiger partial charge on any atom is -0.375 e. The normalized spacial score (nSPS) is 11.6. The van der Waals surface area contributed by atoms with E-state index in [0.717, 1.165) is 16.9 Å². The van der Waals surface area contributed by atoms with Crippen LogP contribution in [-0.2, 0) is 9.84 Å². The zero-order chi connectivity index (χ0) is 12.6. The number of hydrogen-bond acceptors (Lipinski definition) is 5. The van der Waals surface area contributed by atoms with Crippen LogP contribution in [-0.4, -0.2) is 13.4 Å². The lowest BCUT2D eigenvalue weighted by Crippen LogP contribution is -2.01. The zero-order valence-electron chi connectivity index (χ0n) is 9.47. The summed E-state index contributed by atoms with van der Waals surface area (Å²) in [5.74, 6) is 0. The molecular formula is C11H12N2O2S2. The van der Waals surface area contributed by atoms with Crippen molar-refractivity contribution in [1.29, 1.82) is 0 Å². The molecule has 4 nitrogen and oxygen atoms in total. The Labute approximate surface area is 104 Å². The zero-order valence-corrected chi connectivity index (χ0v) is 11.1. The highest BCUT2D eigenvalue weighted by molar-refractivity contribution is 7.93. The molecule has 0 aliphatic heterocycles. The van der Waals surface area contributed by atoms with Crippen LogP contribution in [0.3, 0.4) is 0 Å². The number of nitrogen functional groups attached to an aromatic ring is 1. The molecule has 0 radical (unpaired) electrons. The summed E-state index contributed by atoms with van der Waals surface area (Å²) in [6.45, 7) is 3.56. The summed E-state index contributed by atoms with van der Waals surface area (Å²) in [5.41, 5.74) is 6.99. The van der Waals surface area contributed by atoms with Crippen LogP contribution in [0.4, 0.5) is 5.13 Å². The van der Waals surface area contributed by atoms with Gasteiger partial charge in [-0.15, -0.1) is 0 Å². The highest BCUT2D eigenvalue weighted by Gasteiger charge is 2.23. The summed E-state index contributed by atoms with van der Waals surface area (Å²) >= 11 is 0.999. The highest BCUT2D eigenvalue weighted by atomic mass is 32.2. The third-order valence-corrected chi connectivity index (χ3v) is 5.71. The van der Waals surface area contributed by atoms with Gasteiger partial charge in [0.15, 0.2) is 5.13 Å². The van der Waals surface area contributed by atoms with Crippen molar-refractivity contribution < 1.29 is 8.42 Å². The van der Waals surface area contributed by atoms with Gasteiger partial charge in [-0.2, -0.15) is 0 Å². The van der Waals surface area contributed by atoms with Gasteiger partial charge in [0.25, 0.3) is 0 Å². The molecule has 17 heavy (non-hydrogen) atoms. The fourth-order valence-corrected chi connectivity index (χ4v) is 4.17. The van der Waals surface area contributed by atoms with E-state index in [1.165, 1.54) is 0 Å². The lowest BCUT2D eigenvalue weighted by Gasteiger charge is -2.02. The fourth-order valence-electron chi connectivity index (χ4n) is 1.48. The smallest absolute Gasteiger partial charge is 0.217 e. The van der Waals surface area contributed by atoms with Crippen LogP contribution >= 0.6 is 11.3 Å². The van der Waals surface area contributed by atoms with Gasteiger partial charge in [-0.1, -0.05) is 29.0 Å². The molecule has 6 heteroatoms. The predicted molar refractivity (Wildman–Crippen MR) is 67.9 cm³/mol. The van der Waals surface area contributed by atoms with E-state index in [4.69, 9.17) is 5.73 Å². The summed E-state index contributed by atoms with van der Waals surface area (Å²) in [4.78, 5) is 4.21. The van der Waals surface area contributed by atoms with Gasteiger partial charge >= 0.3 is 0 Å².